The van der Waals surface area contributed by atoms with Crippen molar-refractivity contribution in [3.63, 3.8) is 0 Å². The zero-order valence-electron chi connectivity index (χ0n) is 28.1. The molecule has 7 heteroatoms. The molecule has 6 nitrogen and oxygen atoms in total. The van der Waals surface area contributed by atoms with E-state index in [0.29, 0.717) is 19.4 Å². The molecule has 2 rings (SSSR count). The Hall–Kier alpha value is -2.40. The molecule has 1 amide bonds. The van der Waals surface area contributed by atoms with E-state index in [1.165, 1.54) is 69.8 Å². The van der Waals surface area contributed by atoms with Gasteiger partial charge in [-0.1, -0.05) is 120 Å². The number of hydrogen-bond acceptors (Lipinski definition) is 3. The van der Waals surface area contributed by atoms with E-state index in [4.69, 9.17) is 4.74 Å². The summed E-state index contributed by atoms with van der Waals surface area (Å²) in [6, 6.07) is 15.5. The van der Waals surface area contributed by atoms with Crippen LogP contribution in [0, 0.1) is 0 Å². The average molecular weight is 642 g/mol. The molecular formula is C38H60NO5P. The van der Waals surface area contributed by atoms with Crippen LogP contribution in [-0.4, -0.2) is 27.9 Å². The SMILES string of the molecule is CCCCCCC/C=C\CCCCCCCC(=O)N[C@@H](Cc1ccc(OCc2ccc(CCCCC)cc2)cc1)CP(=O)(O)O. The van der Waals surface area contributed by atoms with Crippen molar-refractivity contribution < 1.29 is 23.9 Å². The second-order valence-corrected chi connectivity index (χ2v) is 14.2. The molecule has 0 bridgehead atoms. The largest absolute Gasteiger partial charge is 0.489 e. The van der Waals surface area contributed by atoms with E-state index in [-0.39, 0.29) is 12.1 Å². The Morgan fingerprint density at radius 3 is 1.89 bits per heavy atom. The maximum absolute atomic E-state index is 12.6. The molecule has 0 saturated heterocycles. The van der Waals surface area contributed by atoms with Crippen LogP contribution in [0.5, 0.6) is 5.75 Å². The first-order valence-electron chi connectivity index (χ1n) is 17.6. The molecule has 0 heterocycles. The Bertz CT molecular complexity index is 1110. The van der Waals surface area contributed by atoms with E-state index >= 15 is 0 Å². The predicted molar refractivity (Wildman–Crippen MR) is 188 cm³/mol. The van der Waals surface area contributed by atoms with Gasteiger partial charge in [0.2, 0.25) is 5.91 Å². The number of nitrogens with one attached hydrogen (secondary N) is 1. The minimum Gasteiger partial charge on any atom is -0.489 e. The maximum Gasteiger partial charge on any atom is 0.327 e. The fourth-order valence-electron chi connectivity index (χ4n) is 5.48. The molecule has 0 radical (unpaired) electrons. The molecule has 252 valence electrons. The van der Waals surface area contributed by atoms with Crippen molar-refractivity contribution in [1.29, 1.82) is 0 Å². The highest BCUT2D eigenvalue weighted by atomic mass is 31.2. The molecule has 0 aliphatic rings. The molecule has 3 N–H and O–H groups in total. The summed E-state index contributed by atoms with van der Waals surface area (Å²) >= 11 is 0. The summed E-state index contributed by atoms with van der Waals surface area (Å²) in [5, 5.41) is 2.88. The van der Waals surface area contributed by atoms with E-state index in [1.807, 2.05) is 24.3 Å². The molecule has 45 heavy (non-hydrogen) atoms. The Kier molecular flexibility index (Phi) is 20.6. The number of allylic oxidation sites excluding steroid dienone is 2. The zero-order valence-corrected chi connectivity index (χ0v) is 29.0. The van der Waals surface area contributed by atoms with Gasteiger partial charge in [0.15, 0.2) is 0 Å². The van der Waals surface area contributed by atoms with E-state index in [1.54, 1.807) is 0 Å². The number of ether oxygens (including phenoxy) is 1. The zero-order chi connectivity index (χ0) is 32.6. The van der Waals surface area contributed by atoms with Gasteiger partial charge in [0.25, 0.3) is 0 Å². The van der Waals surface area contributed by atoms with Gasteiger partial charge in [0, 0.05) is 12.5 Å². The van der Waals surface area contributed by atoms with Crippen molar-refractivity contribution >= 4 is 13.5 Å². The fraction of sp³-hybridized carbons (Fsp3) is 0.605. The second-order valence-electron chi connectivity index (χ2n) is 12.5. The summed E-state index contributed by atoms with van der Waals surface area (Å²) in [6.07, 6.45) is 23.9. The Morgan fingerprint density at radius 2 is 1.27 bits per heavy atom. The second kappa shape index (κ2) is 23.9. The van der Waals surface area contributed by atoms with Crippen molar-refractivity contribution in [2.24, 2.45) is 0 Å². The van der Waals surface area contributed by atoms with Crippen molar-refractivity contribution in [3.05, 3.63) is 77.4 Å². The minimum atomic E-state index is -4.29. The molecule has 1 atom stereocenters. The number of rotatable bonds is 26. The van der Waals surface area contributed by atoms with E-state index in [9.17, 15) is 19.1 Å². The fourth-order valence-corrected chi connectivity index (χ4v) is 6.28. The van der Waals surface area contributed by atoms with Gasteiger partial charge in [-0.15, -0.1) is 0 Å². The van der Waals surface area contributed by atoms with Crippen LogP contribution in [0.15, 0.2) is 60.7 Å². The Labute approximate surface area is 273 Å². The molecule has 0 fully saturated rings. The first kappa shape index (κ1) is 38.8. The summed E-state index contributed by atoms with van der Waals surface area (Å²) in [7, 11) is -4.29. The number of hydrogen-bond donors (Lipinski definition) is 3. The molecule has 0 aliphatic heterocycles. The van der Waals surface area contributed by atoms with Crippen LogP contribution >= 0.6 is 7.60 Å². The van der Waals surface area contributed by atoms with Gasteiger partial charge in [-0.25, -0.2) is 0 Å². The molecule has 2 aromatic rings. The number of unbranched alkanes of at least 4 members (excludes halogenated alkanes) is 12. The third kappa shape index (κ3) is 20.4. The first-order chi connectivity index (χ1) is 21.8. The smallest absolute Gasteiger partial charge is 0.327 e. The Balaban J connectivity index is 1.67. The highest BCUT2D eigenvalue weighted by Crippen LogP contribution is 2.35. The molecule has 0 aromatic heterocycles. The lowest BCUT2D eigenvalue weighted by Crippen LogP contribution is -2.39. The topological polar surface area (TPSA) is 95.9 Å². The van der Waals surface area contributed by atoms with Crippen LogP contribution in [0.3, 0.4) is 0 Å². The van der Waals surface area contributed by atoms with E-state index < -0.39 is 13.6 Å². The van der Waals surface area contributed by atoms with Crippen LogP contribution in [0.2, 0.25) is 0 Å². The lowest BCUT2D eigenvalue weighted by molar-refractivity contribution is -0.121. The minimum absolute atomic E-state index is 0.147. The van der Waals surface area contributed by atoms with Crippen molar-refractivity contribution in [1.82, 2.24) is 5.32 Å². The average Bonchev–Trinajstić information content (AvgIpc) is 3.01. The highest BCUT2D eigenvalue weighted by molar-refractivity contribution is 7.51. The molecule has 2 aromatic carbocycles. The summed E-state index contributed by atoms with van der Waals surface area (Å²) in [4.78, 5) is 31.8. The van der Waals surface area contributed by atoms with Gasteiger partial charge < -0.3 is 19.8 Å². The molecule has 0 aliphatic carbocycles. The van der Waals surface area contributed by atoms with E-state index in [2.05, 4.69) is 55.6 Å². The predicted octanol–water partition coefficient (Wildman–Crippen LogP) is 9.85. The van der Waals surface area contributed by atoms with Gasteiger partial charge in [-0.05, 0) is 80.2 Å². The Morgan fingerprint density at radius 1 is 0.733 bits per heavy atom. The third-order valence-corrected chi connectivity index (χ3v) is 9.06. The van der Waals surface area contributed by atoms with Gasteiger partial charge in [-0.2, -0.15) is 0 Å². The lowest BCUT2D eigenvalue weighted by atomic mass is 10.1. The summed E-state index contributed by atoms with van der Waals surface area (Å²) in [5.74, 6) is 0.585. The maximum atomic E-state index is 12.6. The van der Waals surface area contributed by atoms with E-state index in [0.717, 1.165) is 55.4 Å². The van der Waals surface area contributed by atoms with Gasteiger partial charge in [0.1, 0.15) is 12.4 Å². The van der Waals surface area contributed by atoms with Crippen LogP contribution in [0.4, 0.5) is 0 Å². The van der Waals surface area contributed by atoms with Gasteiger partial charge in [-0.3, -0.25) is 9.36 Å². The number of carbonyl (C=O) groups excluding carboxylic acids is 1. The third-order valence-electron chi connectivity index (χ3n) is 8.14. The molecule has 0 unspecified atom stereocenters. The monoisotopic (exact) mass is 641 g/mol. The van der Waals surface area contributed by atoms with Gasteiger partial charge >= 0.3 is 7.60 Å². The number of carbonyl (C=O) groups is 1. The standard InChI is InChI=1S/C38H60NO5P/c1-3-5-7-8-9-10-11-12-13-14-15-16-17-19-21-38(40)39-36(32-45(41,42)43)30-34-26-28-37(29-27-34)44-31-35-24-22-33(23-25-35)20-18-6-4-2/h11-12,22-29,36H,3-10,13-21,30-32H2,1-2H3,(H,39,40)(H2,41,42,43)/b12-11-/t36-/m0/s1. The first-order valence-corrected chi connectivity index (χ1v) is 19.4. The highest BCUT2D eigenvalue weighted by Gasteiger charge is 2.23. The number of amides is 1. The summed E-state index contributed by atoms with van der Waals surface area (Å²) < 4.78 is 17.7. The number of aryl methyl sites for hydroxylation is 1. The van der Waals surface area contributed by atoms with Crippen LogP contribution in [0.25, 0.3) is 0 Å². The summed E-state index contributed by atoms with van der Waals surface area (Å²) in [6.45, 7) is 4.93. The molecular weight excluding hydrogens is 581 g/mol. The normalized spacial score (nSPS) is 12.4. The van der Waals surface area contributed by atoms with Crippen molar-refractivity contribution in [2.75, 3.05) is 6.16 Å². The quantitative estimate of drug-likeness (QED) is 0.0540. The molecule has 0 saturated carbocycles. The molecule has 0 spiro atoms. The number of benzene rings is 2. The van der Waals surface area contributed by atoms with Crippen molar-refractivity contribution in [2.45, 2.75) is 142 Å². The summed E-state index contributed by atoms with van der Waals surface area (Å²) in [5.41, 5.74) is 3.35. The van der Waals surface area contributed by atoms with Crippen LogP contribution < -0.4 is 10.1 Å². The van der Waals surface area contributed by atoms with Crippen LogP contribution in [0.1, 0.15) is 133 Å². The van der Waals surface area contributed by atoms with Crippen LogP contribution in [-0.2, 0) is 28.8 Å². The van der Waals surface area contributed by atoms with Crippen molar-refractivity contribution in [3.8, 4) is 5.75 Å². The van der Waals surface area contributed by atoms with Gasteiger partial charge in [0.05, 0.1) is 6.16 Å². The lowest BCUT2D eigenvalue weighted by Gasteiger charge is -2.20.